The highest BCUT2D eigenvalue weighted by Gasteiger charge is 2.11. The number of hydrogen-bond donors (Lipinski definition) is 2. The molecule has 0 aliphatic rings. The number of urea groups is 1. The highest BCUT2D eigenvalue weighted by molar-refractivity contribution is 14.1. The molecule has 20 heavy (non-hydrogen) atoms. The first kappa shape index (κ1) is 15.0. The van der Waals surface area contributed by atoms with Gasteiger partial charge in [0.05, 0.1) is 10.7 Å². The predicted molar refractivity (Wildman–Crippen MR) is 83.2 cm³/mol. The molecule has 0 saturated heterocycles. The van der Waals surface area contributed by atoms with Gasteiger partial charge in [-0.1, -0.05) is 11.6 Å². The Labute approximate surface area is 132 Å². The van der Waals surface area contributed by atoms with Crippen LogP contribution in [0.4, 0.5) is 25.0 Å². The lowest BCUT2D eigenvalue weighted by molar-refractivity contribution is 0.262. The van der Waals surface area contributed by atoms with Gasteiger partial charge in [-0.25, -0.2) is 13.6 Å². The number of nitrogens with one attached hydrogen (secondary N) is 2. The van der Waals surface area contributed by atoms with Crippen LogP contribution < -0.4 is 10.6 Å². The molecule has 0 atom stereocenters. The third-order valence-electron chi connectivity index (χ3n) is 2.36. The fourth-order valence-corrected chi connectivity index (χ4v) is 1.99. The Hall–Kier alpha value is -1.41. The van der Waals surface area contributed by atoms with Crippen LogP contribution in [-0.2, 0) is 0 Å². The maximum absolute atomic E-state index is 13.1. The van der Waals surface area contributed by atoms with Crippen molar-refractivity contribution in [3.63, 3.8) is 0 Å². The van der Waals surface area contributed by atoms with Crippen LogP contribution in [0, 0.1) is 15.2 Å². The van der Waals surface area contributed by atoms with Crippen molar-refractivity contribution < 1.29 is 13.6 Å². The number of carbonyl (C=O) groups is 1. The second kappa shape index (κ2) is 6.36. The van der Waals surface area contributed by atoms with Gasteiger partial charge in [0, 0.05) is 15.3 Å². The molecule has 2 N–H and O–H groups in total. The van der Waals surface area contributed by atoms with Gasteiger partial charge in [0.25, 0.3) is 0 Å². The zero-order valence-corrected chi connectivity index (χ0v) is 12.8. The molecule has 0 aliphatic heterocycles. The van der Waals surface area contributed by atoms with Crippen molar-refractivity contribution in [3.8, 4) is 0 Å². The van der Waals surface area contributed by atoms with Crippen LogP contribution in [0.5, 0.6) is 0 Å². The summed E-state index contributed by atoms with van der Waals surface area (Å²) in [5, 5.41) is 4.82. The summed E-state index contributed by atoms with van der Waals surface area (Å²) in [5.74, 6) is -2.16. The summed E-state index contributed by atoms with van der Waals surface area (Å²) in [6.07, 6.45) is 0. The van der Waals surface area contributed by atoms with E-state index >= 15 is 0 Å². The molecule has 2 amide bonds. The molecule has 0 aliphatic carbocycles. The van der Waals surface area contributed by atoms with Crippen LogP contribution in [-0.4, -0.2) is 6.03 Å². The van der Waals surface area contributed by atoms with Crippen molar-refractivity contribution in [1.29, 1.82) is 0 Å². The van der Waals surface area contributed by atoms with Gasteiger partial charge in [-0.05, 0) is 52.9 Å². The Morgan fingerprint density at radius 1 is 1.05 bits per heavy atom. The number of rotatable bonds is 2. The molecular formula is C13H8ClF2IN2O. The minimum absolute atomic E-state index is 0.00595. The van der Waals surface area contributed by atoms with Gasteiger partial charge in [-0.3, -0.25) is 0 Å². The number of carbonyl (C=O) groups excluding carboxylic acids is 1. The molecule has 3 nitrogen and oxygen atoms in total. The first-order valence-electron chi connectivity index (χ1n) is 5.44. The van der Waals surface area contributed by atoms with E-state index in [0.29, 0.717) is 5.69 Å². The monoisotopic (exact) mass is 408 g/mol. The van der Waals surface area contributed by atoms with Crippen molar-refractivity contribution in [2.24, 2.45) is 0 Å². The summed E-state index contributed by atoms with van der Waals surface area (Å²) in [5.41, 5.74) is 0.565. The molecule has 2 aromatic rings. The summed E-state index contributed by atoms with van der Waals surface area (Å²) < 4.78 is 27.0. The molecular weight excluding hydrogens is 401 g/mol. The van der Waals surface area contributed by atoms with E-state index in [4.69, 9.17) is 11.6 Å². The third kappa shape index (κ3) is 3.80. The SMILES string of the molecule is O=C(Nc1ccc(I)cc1)Nc1cc(F)c(F)cc1Cl. The van der Waals surface area contributed by atoms with Crippen molar-refractivity contribution in [3.05, 3.63) is 56.6 Å². The van der Waals surface area contributed by atoms with Crippen LogP contribution in [0.2, 0.25) is 5.02 Å². The molecule has 0 bridgehead atoms. The van der Waals surface area contributed by atoms with Crippen molar-refractivity contribution in [2.45, 2.75) is 0 Å². The zero-order chi connectivity index (χ0) is 14.7. The first-order chi connectivity index (χ1) is 9.45. The third-order valence-corrected chi connectivity index (χ3v) is 3.39. The lowest BCUT2D eigenvalue weighted by atomic mass is 10.3. The van der Waals surface area contributed by atoms with Crippen molar-refractivity contribution >= 4 is 51.6 Å². The normalized spacial score (nSPS) is 10.2. The molecule has 0 unspecified atom stereocenters. The standard InChI is InChI=1S/C13H8ClF2IN2O/c14-9-5-10(15)11(16)6-12(9)19-13(20)18-8-3-1-7(17)2-4-8/h1-6H,(H2,18,19,20). The molecule has 104 valence electrons. The van der Waals surface area contributed by atoms with Crippen molar-refractivity contribution in [2.75, 3.05) is 10.6 Å². The molecule has 2 aromatic carbocycles. The molecule has 0 fully saturated rings. The highest BCUT2D eigenvalue weighted by Crippen LogP contribution is 2.25. The van der Waals surface area contributed by atoms with Crippen LogP contribution in [0.15, 0.2) is 36.4 Å². The molecule has 7 heteroatoms. The van der Waals surface area contributed by atoms with E-state index in [-0.39, 0.29) is 10.7 Å². The van der Waals surface area contributed by atoms with E-state index < -0.39 is 17.7 Å². The van der Waals surface area contributed by atoms with Crippen molar-refractivity contribution in [1.82, 2.24) is 0 Å². The van der Waals surface area contributed by atoms with Gasteiger partial charge < -0.3 is 10.6 Å². The number of benzene rings is 2. The minimum atomic E-state index is -1.08. The topological polar surface area (TPSA) is 41.1 Å². The van der Waals surface area contributed by atoms with Gasteiger partial charge in [-0.15, -0.1) is 0 Å². The molecule has 0 radical (unpaired) electrons. The molecule has 0 saturated carbocycles. The second-order valence-corrected chi connectivity index (χ2v) is 5.49. The van der Waals surface area contributed by atoms with E-state index in [1.165, 1.54) is 0 Å². The van der Waals surface area contributed by atoms with Crippen LogP contribution >= 0.6 is 34.2 Å². The van der Waals surface area contributed by atoms with Gasteiger partial charge in [-0.2, -0.15) is 0 Å². The Balaban J connectivity index is 2.08. The maximum Gasteiger partial charge on any atom is 0.323 e. The quantitative estimate of drug-likeness (QED) is 0.540. The summed E-state index contributed by atoms with van der Waals surface area (Å²) in [6, 6.07) is 8.10. The zero-order valence-electron chi connectivity index (χ0n) is 9.88. The van der Waals surface area contributed by atoms with Gasteiger partial charge >= 0.3 is 6.03 Å². The number of halogens is 4. The van der Waals surface area contributed by atoms with Crippen LogP contribution in [0.25, 0.3) is 0 Å². The highest BCUT2D eigenvalue weighted by atomic mass is 127. The average molecular weight is 409 g/mol. The summed E-state index contributed by atoms with van der Waals surface area (Å²) >= 11 is 7.86. The maximum atomic E-state index is 13.1. The summed E-state index contributed by atoms with van der Waals surface area (Å²) in [7, 11) is 0. The van der Waals surface area contributed by atoms with E-state index in [1.54, 1.807) is 12.1 Å². The Kier molecular flexibility index (Phi) is 4.77. The number of anilines is 2. The second-order valence-electron chi connectivity index (χ2n) is 3.83. The molecule has 0 spiro atoms. The van der Waals surface area contributed by atoms with Crippen LogP contribution in [0.3, 0.4) is 0 Å². The lowest BCUT2D eigenvalue weighted by Crippen LogP contribution is -2.19. The van der Waals surface area contributed by atoms with Crippen LogP contribution in [0.1, 0.15) is 0 Å². The number of hydrogen-bond acceptors (Lipinski definition) is 1. The Morgan fingerprint density at radius 3 is 2.30 bits per heavy atom. The fourth-order valence-electron chi connectivity index (χ4n) is 1.44. The lowest BCUT2D eigenvalue weighted by Gasteiger charge is -2.09. The predicted octanol–water partition coefficient (Wildman–Crippen LogP) is 4.87. The Morgan fingerprint density at radius 2 is 1.65 bits per heavy atom. The summed E-state index contributed by atoms with van der Waals surface area (Å²) in [4.78, 5) is 11.7. The van der Waals surface area contributed by atoms with Gasteiger partial charge in [0.15, 0.2) is 11.6 Å². The van der Waals surface area contributed by atoms with E-state index in [2.05, 4.69) is 33.2 Å². The smallest absolute Gasteiger partial charge is 0.308 e. The molecule has 0 heterocycles. The van der Waals surface area contributed by atoms with E-state index in [9.17, 15) is 13.6 Å². The molecule has 2 rings (SSSR count). The minimum Gasteiger partial charge on any atom is -0.308 e. The first-order valence-corrected chi connectivity index (χ1v) is 6.89. The van der Waals surface area contributed by atoms with E-state index in [1.807, 2.05) is 12.1 Å². The largest absolute Gasteiger partial charge is 0.323 e. The fraction of sp³-hybridized carbons (Fsp3) is 0. The Bertz CT molecular complexity index is 650. The molecule has 0 aromatic heterocycles. The van der Waals surface area contributed by atoms with Gasteiger partial charge in [0.1, 0.15) is 0 Å². The van der Waals surface area contributed by atoms with E-state index in [0.717, 1.165) is 15.7 Å². The average Bonchev–Trinajstić information content (AvgIpc) is 2.39. The summed E-state index contributed by atoms with van der Waals surface area (Å²) in [6.45, 7) is 0. The number of amides is 2. The van der Waals surface area contributed by atoms with Gasteiger partial charge in [0.2, 0.25) is 0 Å².